The fourth-order valence-corrected chi connectivity index (χ4v) is 2.68. The van der Waals surface area contributed by atoms with Gasteiger partial charge in [-0.3, -0.25) is 0 Å². The fourth-order valence-electron chi connectivity index (χ4n) is 1.75. The molecule has 1 atom stereocenters. The molecule has 0 aliphatic heterocycles. The van der Waals surface area contributed by atoms with E-state index in [0.29, 0.717) is 5.56 Å². The van der Waals surface area contributed by atoms with Gasteiger partial charge in [-0.1, -0.05) is 6.07 Å². The standard InChI is InChI=1S/C12H12F2N2S/c1-7-12(17-6-16-7)11(15-2)9-4-3-8(13)5-10(9)14/h3-6,11,15H,1-2H3. The SMILES string of the molecule is CNC(c1ccc(F)cc1F)c1scnc1C. The zero-order valence-electron chi connectivity index (χ0n) is 9.50. The van der Waals surface area contributed by atoms with Gasteiger partial charge in [-0.25, -0.2) is 13.8 Å². The average Bonchev–Trinajstić information content (AvgIpc) is 2.69. The second-order valence-electron chi connectivity index (χ2n) is 3.69. The summed E-state index contributed by atoms with van der Waals surface area (Å²) in [5, 5.41) is 3.03. The quantitative estimate of drug-likeness (QED) is 0.910. The Kier molecular flexibility index (Phi) is 3.49. The summed E-state index contributed by atoms with van der Waals surface area (Å²) in [5.74, 6) is -1.11. The Balaban J connectivity index is 2.46. The van der Waals surface area contributed by atoms with Crippen molar-refractivity contribution in [1.29, 1.82) is 0 Å². The number of benzene rings is 1. The monoisotopic (exact) mass is 254 g/mol. The molecule has 0 spiro atoms. The number of aromatic nitrogens is 1. The molecule has 1 N–H and O–H groups in total. The van der Waals surface area contributed by atoms with Gasteiger partial charge in [0.1, 0.15) is 11.6 Å². The zero-order valence-corrected chi connectivity index (χ0v) is 10.3. The first-order chi connectivity index (χ1) is 8.13. The molecule has 2 aromatic rings. The number of aryl methyl sites for hydroxylation is 1. The molecular formula is C12H12F2N2S. The van der Waals surface area contributed by atoms with Crippen molar-refractivity contribution in [2.75, 3.05) is 7.05 Å². The minimum Gasteiger partial charge on any atom is -0.309 e. The Bertz CT molecular complexity index is 525. The molecule has 5 heteroatoms. The molecule has 0 saturated heterocycles. The number of hydrogen-bond acceptors (Lipinski definition) is 3. The largest absolute Gasteiger partial charge is 0.309 e. The molecule has 0 aliphatic carbocycles. The molecule has 0 aliphatic rings. The molecule has 0 fully saturated rings. The van der Waals surface area contributed by atoms with Crippen LogP contribution < -0.4 is 5.32 Å². The van der Waals surface area contributed by atoms with E-state index in [4.69, 9.17) is 0 Å². The van der Waals surface area contributed by atoms with Gasteiger partial charge in [0.05, 0.1) is 17.2 Å². The van der Waals surface area contributed by atoms with Crippen molar-refractivity contribution in [1.82, 2.24) is 10.3 Å². The predicted molar refractivity (Wildman–Crippen MR) is 64.1 cm³/mol. The highest BCUT2D eigenvalue weighted by Crippen LogP contribution is 2.29. The molecule has 2 rings (SSSR count). The maximum Gasteiger partial charge on any atom is 0.131 e. The average molecular weight is 254 g/mol. The van der Waals surface area contributed by atoms with Crippen LogP contribution >= 0.6 is 11.3 Å². The van der Waals surface area contributed by atoms with E-state index in [9.17, 15) is 8.78 Å². The maximum absolute atomic E-state index is 13.7. The van der Waals surface area contributed by atoms with E-state index in [1.807, 2.05) is 6.92 Å². The van der Waals surface area contributed by atoms with Gasteiger partial charge in [-0.15, -0.1) is 11.3 Å². The smallest absolute Gasteiger partial charge is 0.131 e. The van der Waals surface area contributed by atoms with Gasteiger partial charge in [-0.05, 0) is 20.0 Å². The van der Waals surface area contributed by atoms with E-state index in [2.05, 4.69) is 10.3 Å². The second-order valence-corrected chi connectivity index (χ2v) is 4.58. The first kappa shape index (κ1) is 12.1. The molecule has 1 unspecified atom stereocenters. The van der Waals surface area contributed by atoms with Crippen LogP contribution in [-0.4, -0.2) is 12.0 Å². The first-order valence-electron chi connectivity index (χ1n) is 5.15. The van der Waals surface area contributed by atoms with Crippen LogP contribution in [0.1, 0.15) is 22.2 Å². The van der Waals surface area contributed by atoms with E-state index < -0.39 is 11.6 Å². The summed E-state index contributed by atoms with van der Waals surface area (Å²) in [5.41, 5.74) is 3.01. The van der Waals surface area contributed by atoms with Crippen LogP contribution in [0.5, 0.6) is 0 Å². The molecule has 0 bridgehead atoms. The van der Waals surface area contributed by atoms with Gasteiger partial charge < -0.3 is 5.32 Å². The lowest BCUT2D eigenvalue weighted by molar-refractivity contribution is 0.553. The summed E-state index contributed by atoms with van der Waals surface area (Å²) in [6, 6.07) is 3.34. The van der Waals surface area contributed by atoms with Crippen molar-refractivity contribution in [3.63, 3.8) is 0 Å². The Morgan fingerprint density at radius 2 is 2.12 bits per heavy atom. The van der Waals surface area contributed by atoms with Crippen LogP contribution in [0.25, 0.3) is 0 Å². The highest BCUT2D eigenvalue weighted by atomic mass is 32.1. The first-order valence-corrected chi connectivity index (χ1v) is 6.03. The van der Waals surface area contributed by atoms with Crippen molar-refractivity contribution >= 4 is 11.3 Å². The Morgan fingerprint density at radius 3 is 2.65 bits per heavy atom. The second kappa shape index (κ2) is 4.89. The number of thiazole rings is 1. The molecule has 0 amide bonds. The van der Waals surface area contributed by atoms with Crippen LogP contribution in [-0.2, 0) is 0 Å². The number of nitrogens with one attached hydrogen (secondary N) is 1. The number of nitrogens with zero attached hydrogens (tertiary/aromatic N) is 1. The minimum atomic E-state index is -0.567. The molecule has 17 heavy (non-hydrogen) atoms. The van der Waals surface area contributed by atoms with Gasteiger partial charge in [0.25, 0.3) is 0 Å². The van der Waals surface area contributed by atoms with Crippen LogP contribution in [0.2, 0.25) is 0 Å². The third kappa shape index (κ3) is 2.35. The number of hydrogen-bond donors (Lipinski definition) is 1. The highest BCUT2D eigenvalue weighted by molar-refractivity contribution is 7.09. The molecule has 2 nitrogen and oxygen atoms in total. The van der Waals surface area contributed by atoms with Gasteiger partial charge in [0.15, 0.2) is 0 Å². The van der Waals surface area contributed by atoms with E-state index in [-0.39, 0.29) is 6.04 Å². The van der Waals surface area contributed by atoms with Gasteiger partial charge in [-0.2, -0.15) is 0 Å². The molecule has 1 heterocycles. The molecule has 90 valence electrons. The van der Waals surface area contributed by atoms with E-state index >= 15 is 0 Å². The van der Waals surface area contributed by atoms with E-state index in [0.717, 1.165) is 16.6 Å². The summed E-state index contributed by atoms with van der Waals surface area (Å²) in [7, 11) is 1.74. The predicted octanol–water partition coefficient (Wildman–Crippen LogP) is 3.04. The summed E-state index contributed by atoms with van der Waals surface area (Å²) in [6.45, 7) is 1.87. The van der Waals surface area contributed by atoms with Gasteiger partial charge in [0.2, 0.25) is 0 Å². The Hall–Kier alpha value is -1.33. The lowest BCUT2D eigenvalue weighted by Gasteiger charge is -2.16. The zero-order chi connectivity index (χ0) is 12.4. The summed E-state index contributed by atoms with van der Waals surface area (Å²) in [6.07, 6.45) is 0. The number of halogens is 2. The normalized spacial score (nSPS) is 12.7. The summed E-state index contributed by atoms with van der Waals surface area (Å²) >= 11 is 1.46. The number of rotatable bonds is 3. The topological polar surface area (TPSA) is 24.9 Å². The van der Waals surface area contributed by atoms with Crippen molar-refractivity contribution in [3.8, 4) is 0 Å². The van der Waals surface area contributed by atoms with Crippen molar-refractivity contribution in [2.24, 2.45) is 0 Å². The maximum atomic E-state index is 13.7. The van der Waals surface area contributed by atoms with Crippen LogP contribution in [0, 0.1) is 18.6 Å². The fraction of sp³-hybridized carbons (Fsp3) is 0.250. The third-order valence-electron chi connectivity index (χ3n) is 2.61. The van der Waals surface area contributed by atoms with E-state index in [1.165, 1.54) is 23.5 Å². The van der Waals surface area contributed by atoms with E-state index in [1.54, 1.807) is 12.6 Å². The third-order valence-corrected chi connectivity index (χ3v) is 3.60. The molecule has 0 radical (unpaired) electrons. The molecule has 0 saturated carbocycles. The molecular weight excluding hydrogens is 242 g/mol. The van der Waals surface area contributed by atoms with Crippen LogP contribution in [0.4, 0.5) is 8.78 Å². The van der Waals surface area contributed by atoms with Gasteiger partial charge >= 0.3 is 0 Å². The molecule has 1 aromatic heterocycles. The minimum absolute atomic E-state index is 0.289. The Morgan fingerprint density at radius 1 is 1.35 bits per heavy atom. The van der Waals surface area contributed by atoms with Crippen molar-refractivity contribution in [2.45, 2.75) is 13.0 Å². The van der Waals surface area contributed by atoms with Crippen molar-refractivity contribution < 1.29 is 8.78 Å². The lowest BCUT2D eigenvalue weighted by atomic mass is 10.0. The summed E-state index contributed by atoms with van der Waals surface area (Å²) < 4.78 is 26.6. The van der Waals surface area contributed by atoms with Crippen molar-refractivity contribution in [3.05, 3.63) is 51.5 Å². The molecule has 1 aromatic carbocycles. The van der Waals surface area contributed by atoms with Gasteiger partial charge in [0, 0.05) is 16.5 Å². The summed E-state index contributed by atoms with van der Waals surface area (Å²) in [4.78, 5) is 5.08. The van der Waals surface area contributed by atoms with Crippen LogP contribution in [0.15, 0.2) is 23.7 Å². The lowest BCUT2D eigenvalue weighted by Crippen LogP contribution is -2.18. The Labute approximate surface area is 102 Å². The highest BCUT2D eigenvalue weighted by Gasteiger charge is 2.20. The van der Waals surface area contributed by atoms with Crippen LogP contribution in [0.3, 0.4) is 0 Å².